The third-order valence-electron chi connectivity index (χ3n) is 5.43. The number of tetrazole rings is 1. The molecule has 1 amide bonds. The lowest BCUT2D eigenvalue weighted by molar-refractivity contribution is -0.121. The minimum atomic E-state index is 0.0855. The summed E-state index contributed by atoms with van der Waals surface area (Å²) >= 11 is 0. The first kappa shape index (κ1) is 20.2. The number of benzene rings is 2. The molecule has 1 aromatic heterocycles. The zero-order valence-corrected chi connectivity index (χ0v) is 17.2. The Bertz CT molecular complexity index is 955. The summed E-state index contributed by atoms with van der Waals surface area (Å²) in [4.78, 5) is 16.1. The van der Waals surface area contributed by atoms with Gasteiger partial charge in [-0.25, -0.2) is 0 Å². The topological polar surface area (TPSA) is 75.9 Å². The first-order chi connectivity index (χ1) is 14.8. The van der Waals surface area contributed by atoms with Crippen molar-refractivity contribution in [3.63, 3.8) is 0 Å². The predicted octanol–water partition coefficient (Wildman–Crippen LogP) is 2.68. The molecule has 0 radical (unpaired) electrons. The molecule has 1 aliphatic rings. The van der Waals surface area contributed by atoms with Crippen LogP contribution in [0.5, 0.6) is 0 Å². The highest BCUT2D eigenvalue weighted by Crippen LogP contribution is 2.18. The Morgan fingerprint density at radius 2 is 1.77 bits per heavy atom. The van der Waals surface area contributed by atoms with Crippen LogP contribution < -0.4 is 5.32 Å². The van der Waals surface area contributed by atoms with E-state index in [1.54, 1.807) is 4.80 Å². The molecule has 2 aromatic carbocycles. The largest absolute Gasteiger partial charge is 0.356 e. The lowest BCUT2D eigenvalue weighted by Gasteiger charge is -2.28. The molecule has 7 nitrogen and oxygen atoms in total. The second-order valence-electron chi connectivity index (χ2n) is 7.68. The van der Waals surface area contributed by atoms with Gasteiger partial charge in [-0.3, -0.25) is 9.69 Å². The number of nitrogens with one attached hydrogen (secondary N) is 1. The summed E-state index contributed by atoms with van der Waals surface area (Å²) in [6.07, 6.45) is 3.25. The summed E-state index contributed by atoms with van der Waals surface area (Å²) < 4.78 is 0. The molecular formula is C23H28N6O. The number of carbonyl (C=O) groups is 1. The number of rotatable bonds is 9. The molecule has 0 saturated heterocycles. The quantitative estimate of drug-likeness (QED) is 0.555. The number of aryl methyl sites for hydroxylation is 1. The monoisotopic (exact) mass is 404 g/mol. The minimum absolute atomic E-state index is 0.0855. The van der Waals surface area contributed by atoms with E-state index in [4.69, 9.17) is 0 Å². The first-order valence-electron chi connectivity index (χ1n) is 10.7. The highest BCUT2D eigenvalue weighted by molar-refractivity contribution is 5.75. The Morgan fingerprint density at radius 3 is 2.63 bits per heavy atom. The van der Waals surface area contributed by atoms with Crippen molar-refractivity contribution < 1.29 is 4.79 Å². The fourth-order valence-electron chi connectivity index (χ4n) is 3.79. The van der Waals surface area contributed by atoms with E-state index in [0.717, 1.165) is 44.6 Å². The van der Waals surface area contributed by atoms with Crippen LogP contribution in [0.4, 0.5) is 0 Å². The van der Waals surface area contributed by atoms with Crippen molar-refractivity contribution in [3.8, 4) is 11.4 Å². The molecule has 1 aliphatic heterocycles. The Kier molecular flexibility index (Phi) is 6.82. The van der Waals surface area contributed by atoms with Gasteiger partial charge in [-0.15, -0.1) is 10.2 Å². The third-order valence-corrected chi connectivity index (χ3v) is 5.43. The van der Waals surface area contributed by atoms with E-state index in [-0.39, 0.29) is 5.91 Å². The molecule has 0 saturated carbocycles. The average molecular weight is 405 g/mol. The van der Waals surface area contributed by atoms with Crippen molar-refractivity contribution in [2.75, 3.05) is 19.6 Å². The van der Waals surface area contributed by atoms with E-state index in [9.17, 15) is 4.79 Å². The van der Waals surface area contributed by atoms with Crippen molar-refractivity contribution in [2.24, 2.45) is 0 Å². The summed E-state index contributed by atoms with van der Waals surface area (Å²) in [6, 6.07) is 18.4. The Hall–Kier alpha value is -3.06. The van der Waals surface area contributed by atoms with Gasteiger partial charge in [-0.2, -0.15) is 4.80 Å². The highest BCUT2D eigenvalue weighted by Gasteiger charge is 2.15. The Balaban J connectivity index is 1.10. The number of nitrogens with zero attached hydrogens (tertiary/aromatic N) is 5. The van der Waals surface area contributed by atoms with E-state index in [2.05, 4.69) is 49.9 Å². The molecule has 3 aromatic rings. The molecule has 0 atom stereocenters. The second-order valence-corrected chi connectivity index (χ2v) is 7.68. The fraction of sp³-hybridized carbons (Fsp3) is 0.391. The van der Waals surface area contributed by atoms with Crippen LogP contribution in [0.3, 0.4) is 0 Å². The van der Waals surface area contributed by atoms with Crippen molar-refractivity contribution in [3.05, 3.63) is 65.7 Å². The van der Waals surface area contributed by atoms with E-state index < -0.39 is 0 Å². The van der Waals surface area contributed by atoms with E-state index in [1.807, 2.05) is 30.3 Å². The summed E-state index contributed by atoms with van der Waals surface area (Å²) in [5.74, 6) is 0.697. The molecule has 0 bridgehead atoms. The van der Waals surface area contributed by atoms with Gasteiger partial charge in [0.1, 0.15) is 0 Å². The van der Waals surface area contributed by atoms with Crippen molar-refractivity contribution in [1.29, 1.82) is 0 Å². The second kappa shape index (κ2) is 10.1. The standard InChI is InChI=1S/C23H28N6O/c30-22(12-6-16-29-26-23(25-27-29)20-9-2-1-3-10-20)24-14-7-15-28-17-13-19-8-4-5-11-21(19)18-28/h1-5,8-11H,6-7,12-18H2,(H,24,30). The Labute approximate surface area is 177 Å². The van der Waals surface area contributed by atoms with Gasteiger partial charge < -0.3 is 5.32 Å². The number of aromatic nitrogens is 4. The summed E-state index contributed by atoms with van der Waals surface area (Å²) in [5.41, 5.74) is 3.85. The summed E-state index contributed by atoms with van der Waals surface area (Å²) in [6.45, 7) is 4.43. The summed E-state index contributed by atoms with van der Waals surface area (Å²) in [7, 11) is 0. The van der Waals surface area contributed by atoms with Crippen LogP contribution in [0, 0.1) is 0 Å². The van der Waals surface area contributed by atoms with E-state index in [0.29, 0.717) is 25.2 Å². The summed E-state index contributed by atoms with van der Waals surface area (Å²) in [5, 5.41) is 15.6. The SMILES string of the molecule is O=C(CCCn1nnc(-c2ccccc2)n1)NCCCN1CCc2ccccc2C1. The number of hydrogen-bond donors (Lipinski definition) is 1. The van der Waals surface area contributed by atoms with Gasteiger partial charge in [0, 0.05) is 38.2 Å². The zero-order chi connectivity index (χ0) is 20.6. The molecule has 156 valence electrons. The number of hydrogen-bond acceptors (Lipinski definition) is 5. The van der Waals surface area contributed by atoms with Crippen LogP contribution in [0.15, 0.2) is 54.6 Å². The van der Waals surface area contributed by atoms with Gasteiger partial charge in [0.15, 0.2) is 0 Å². The molecule has 0 aliphatic carbocycles. The normalized spacial score (nSPS) is 13.7. The maximum absolute atomic E-state index is 12.1. The molecule has 0 unspecified atom stereocenters. The smallest absolute Gasteiger partial charge is 0.220 e. The van der Waals surface area contributed by atoms with Crippen LogP contribution in [0.2, 0.25) is 0 Å². The van der Waals surface area contributed by atoms with Crippen molar-refractivity contribution >= 4 is 5.91 Å². The van der Waals surface area contributed by atoms with Crippen LogP contribution in [-0.4, -0.2) is 50.6 Å². The van der Waals surface area contributed by atoms with Crippen LogP contribution in [-0.2, 0) is 24.3 Å². The van der Waals surface area contributed by atoms with Crippen LogP contribution in [0.25, 0.3) is 11.4 Å². The van der Waals surface area contributed by atoms with Crippen LogP contribution >= 0.6 is 0 Å². The molecule has 30 heavy (non-hydrogen) atoms. The van der Waals surface area contributed by atoms with Gasteiger partial charge in [0.2, 0.25) is 11.7 Å². The molecule has 1 N–H and O–H groups in total. The number of amides is 1. The van der Waals surface area contributed by atoms with Crippen molar-refractivity contribution in [1.82, 2.24) is 30.4 Å². The molecular weight excluding hydrogens is 376 g/mol. The first-order valence-corrected chi connectivity index (χ1v) is 10.7. The molecule has 0 spiro atoms. The maximum atomic E-state index is 12.1. The van der Waals surface area contributed by atoms with Gasteiger partial charge in [-0.05, 0) is 35.6 Å². The lowest BCUT2D eigenvalue weighted by atomic mass is 10.00. The average Bonchev–Trinajstić information content (AvgIpc) is 3.26. The predicted molar refractivity (Wildman–Crippen MR) is 116 cm³/mol. The van der Waals surface area contributed by atoms with Gasteiger partial charge >= 0.3 is 0 Å². The Morgan fingerprint density at radius 1 is 0.967 bits per heavy atom. The molecule has 4 rings (SSSR count). The molecule has 0 fully saturated rings. The van der Waals surface area contributed by atoms with Crippen molar-refractivity contribution in [2.45, 2.75) is 38.8 Å². The van der Waals surface area contributed by atoms with E-state index in [1.165, 1.54) is 11.1 Å². The lowest BCUT2D eigenvalue weighted by Crippen LogP contribution is -2.33. The van der Waals surface area contributed by atoms with E-state index >= 15 is 0 Å². The number of fused-ring (bicyclic) bond motifs is 1. The van der Waals surface area contributed by atoms with Gasteiger partial charge in [0.05, 0.1) is 6.54 Å². The maximum Gasteiger partial charge on any atom is 0.220 e. The third kappa shape index (κ3) is 5.51. The van der Waals surface area contributed by atoms with Gasteiger partial charge in [-0.1, -0.05) is 54.6 Å². The number of carbonyl (C=O) groups excluding carboxylic acids is 1. The molecule has 7 heteroatoms. The zero-order valence-electron chi connectivity index (χ0n) is 17.2. The fourth-order valence-corrected chi connectivity index (χ4v) is 3.79. The molecule has 2 heterocycles. The van der Waals surface area contributed by atoms with Gasteiger partial charge in [0.25, 0.3) is 0 Å². The highest BCUT2D eigenvalue weighted by atomic mass is 16.1. The van der Waals surface area contributed by atoms with Crippen LogP contribution in [0.1, 0.15) is 30.4 Å². The minimum Gasteiger partial charge on any atom is -0.356 e.